The first-order valence-electron chi connectivity index (χ1n) is 6.04. The van der Waals surface area contributed by atoms with Crippen LogP contribution < -0.4 is 5.32 Å². The summed E-state index contributed by atoms with van der Waals surface area (Å²) in [6.45, 7) is 5.38. The van der Waals surface area contributed by atoms with Crippen molar-refractivity contribution in [1.82, 2.24) is 5.32 Å². The molecule has 1 aromatic rings. The maximum Gasteiger partial charge on any atom is 0.174 e. The Morgan fingerprint density at radius 1 is 1.44 bits per heavy atom. The number of benzene rings is 1. The number of aryl methyl sites for hydroxylation is 1. The Morgan fingerprint density at radius 3 is 2.67 bits per heavy atom. The lowest BCUT2D eigenvalue weighted by Gasteiger charge is -2.19. The zero-order valence-corrected chi connectivity index (χ0v) is 10.4. The van der Waals surface area contributed by atoms with Crippen LogP contribution in [0.5, 0.6) is 0 Å². The predicted octanol–water partition coefficient (Wildman–Crippen LogP) is 3.91. The van der Waals surface area contributed by atoms with Crippen LogP contribution in [0.3, 0.4) is 0 Å². The van der Waals surface area contributed by atoms with E-state index in [2.05, 4.69) is 11.9 Å². The summed E-state index contributed by atoms with van der Waals surface area (Å²) in [6.07, 6.45) is 2.37. The van der Waals surface area contributed by atoms with E-state index in [1.54, 1.807) is 6.07 Å². The van der Waals surface area contributed by atoms with Gasteiger partial charge in [0.05, 0.1) is 5.54 Å². The second-order valence-electron chi connectivity index (χ2n) is 4.75. The Kier molecular flexibility index (Phi) is 3.50. The third-order valence-corrected chi connectivity index (χ3v) is 3.39. The molecule has 1 fully saturated rings. The molecule has 1 atom stereocenters. The monoisotopic (exact) mass is 249 g/mol. The average Bonchev–Trinajstić information content (AvgIpc) is 3.12. The molecular weight excluding hydrogens is 232 g/mol. The van der Waals surface area contributed by atoms with Gasteiger partial charge in [0.25, 0.3) is 0 Å². The molecule has 0 radical (unpaired) electrons. The van der Waals surface area contributed by atoms with Gasteiger partial charge >= 0.3 is 0 Å². The van der Waals surface area contributed by atoms with Gasteiger partial charge in [-0.1, -0.05) is 30.8 Å². The SMILES string of the molecule is C=CNC1(C(F)/C(F)=C/c2ccccc2C)CC1. The summed E-state index contributed by atoms with van der Waals surface area (Å²) in [5.74, 6) is -0.726. The van der Waals surface area contributed by atoms with Gasteiger partial charge < -0.3 is 5.32 Å². The minimum Gasteiger partial charge on any atom is -0.383 e. The normalized spacial score (nSPS) is 19.2. The van der Waals surface area contributed by atoms with Crippen LogP contribution >= 0.6 is 0 Å². The third-order valence-electron chi connectivity index (χ3n) is 3.39. The minimum atomic E-state index is -1.62. The molecule has 1 nitrogen and oxygen atoms in total. The number of nitrogens with one attached hydrogen (secondary N) is 1. The smallest absolute Gasteiger partial charge is 0.174 e. The first-order chi connectivity index (χ1) is 8.59. The van der Waals surface area contributed by atoms with Gasteiger partial charge in [-0.25, -0.2) is 8.78 Å². The fourth-order valence-electron chi connectivity index (χ4n) is 2.04. The maximum atomic E-state index is 14.1. The second-order valence-corrected chi connectivity index (χ2v) is 4.75. The van der Waals surface area contributed by atoms with E-state index in [1.165, 1.54) is 12.3 Å². The first-order valence-corrected chi connectivity index (χ1v) is 6.04. The molecule has 1 aliphatic carbocycles. The molecule has 1 aliphatic rings. The van der Waals surface area contributed by atoms with Crippen LogP contribution in [0.25, 0.3) is 6.08 Å². The Labute approximate surface area is 106 Å². The van der Waals surface area contributed by atoms with Gasteiger partial charge in [0.2, 0.25) is 0 Å². The fourth-order valence-corrected chi connectivity index (χ4v) is 2.04. The molecule has 1 N–H and O–H groups in total. The lowest BCUT2D eigenvalue weighted by Crippen LogP contribution is -2.37. The Morgan fingerprint density at radius 2 is 2.11 bits per heavy atom. The molecule has 2 rings (SSSR count). The summed E-state index contributed by atoms with van der Waals surface area (Å²) in [5.41, 5.74) is 0.874. The van der Waals surface area contributed by atoms with E-state index < -0.39 is 17.5 Å². The van der Waals surface area contributed by atoms with Crippen LogP contribution in [0, 0.1) is 6.92 Å². The van der Waals surface area contributed by atoms with Crippen molar-refractivity contribution < 1.29 is 8.78 Å². The van der Waals surface area contributed by atoms with Crippen molar-refractivity contribution in [2.24, 2.45) is 0 Å². The highest BCUT2D eigenvalue weighted by Crippen LogP contribution is 2.43. The van der Waals surface area contributed by atoms with Crippen LogP contribution in [0.4, 0.5) is 8.78 Å². The molecule has 0 spiro atoms. The van der Waals surface area contributed by atoms with E-state index in [-0.39, 0.29) is 0 Å². The van der Waals surface area contributed by atoms with Crippen LogP contribution in [0.2, 0.25) is 0 Å². The number of hydrogen-bond donors (Lipinski definition) is 1. The Balaban J connectivity index is 2.19. The second kappa shape index (κ2) is 4.92. The molecule has 0 saturated heterocycles. The highest BCUT2D eigenvalue weighted by atomic mass is 19.2. The molecule has 0 aromatic heterocycles. The van der Waals surface area contributed by atoms with Gasteiger partial charge in [-0.3, -0.25) is 0 Å². The molecule has 0 aliphatic heterocycles. The summed E-state index contributed by atoms with van der Waals surface area (Å²) in [7, 11) is 0. The summed E-state index contributed by atoms with van der Waals surface area (Å²) in [6, 6.07) is 7.34. The Hall–Kier alpha value is -1.64. The summed E-state index contributed by atoms with van der Waals surface area (Å²) in [5, 5.41) is 2.82. The third kappa shape index (κ3) is 2.45. The zero-order chi connectivity index (χ0) is 13.2. The number of halogens is 2. The van der Waals surface area contributed by atoms with Crippen LogP contribution in [0.15, 0.2) is 42.9 Å². The van der Waals surface area contributed by atoms with Crippen LogP contribution in [-0.2, 0) is 0 Å². The van der Waals surface area contributed by atoms with Gasteiger partial charge in [0, 0.05) is 0 Å². The number of hydrogen-bond acceptors (Lipinski definition) is 1. The van der Waals surface area contributed by atoms with Crippen molar-refractivity contribution in [3.63, 3.8) is 0 Å². The van der Waals surface area contributed by atoms with Crippen molar-refractivity contribution in [2.45, 2.75) is 31.5 Å². The minimum absolute atomic E-state index is 0.634. The summed E-state index contributed by atoms with van der Waals surface area (Å²) >= 11 is 0. The van der Waals surface area contributed by atoms with Crippen molar-refractivity contribution in [3.05, 3.63) is 54.0 Å². The topological polar surface area (TPSA) is 12.0 Å². The average molecular weight is 249 g/mol. The van der Waals surface area contributed by atoms with E-state index in [4.69, 9.17) is 0 Å². The molecule has 0 heterocycles. The molecule has 1 aromatic carbocycles. The largest absolute Gasteiger partial charge is 0.383 e. The molecule has 0 amide bonds. The van der Waals surface area contributed by atoms with Crippen molar-refractivity contribution in [2.75, 3.05) is 0 Å². The predicted molar refractivity (Wildman–Crippen MR) is 70.5 cm³/mol. The summed E-state index contributed by atoms with van der Waals surface area (Å²) in [4.78, 5) is 0. The lowest BCUT2D eigenvalue weighted by molar-refractivity contribution is 0.251. The molecule has 0 bridgehead atoms. The lowest BCUT2D eigenvalue weighted by atomic mass is 10.0. The maximum absolute atomic E-state index is 14.1. The highest BCUT2D eigenvalue weighted by Gasteiger charge is 2.51. The molecule has 3 heteroatoms. The number of alkyl halides is 1. The van der Waals surface area contributed by atoms with E-state index in [9.17, 15) is 8.78 Å². The molecule has 96 valence electrons. The summed E-state index contributed by atoms with van der Waals surface area (Å²) < 4.78 is 28.0. The standard InChI is InChI=1S/C15H17F2N/c1-3-18-15(8-9-15)14(17)13(16)10-12-7-5-4-6-11(12)2/h3-7,10,14,18H,1,8-9H2,2H3/b13-10-. The molecule has 18 heavy (non-hydrogen) atoms. The Bertz CT molecular complexity index is 475. The van der Waals surface area contributed by atoms with Crippen LogP contribution in [0.1, 0.15) is 24.0 Å². The van der Waals surface area contributed by atoms with Gasteiger partial charge in [-0.2, -0.15) is 0 Å². The van der Waals surface area contributed by atoms with Crippen molar-refractivity contribution in [1.29, 1.82) is 0 Å². The zero-order valence-electron chi connectivity index (χ0n) is 10.4. The van der Waals surface area contributed by atoms with E-state index in [0.717, 1.165) is 5.56 Å². The quantitative estimate of drug-likeness (QED) is 0.834. The van der Waals surface area contributed by atoms with Crippen molar-refractivity contribution >= 4 is 6.08 Å². The fraction of sp³-hybridized carbons (Fsp3) is 0.333. The van der Waals surface area contributed by atoms with E-state index in [0.29, 0.717) is 18.4 Å². The van der Waals surface area contributed by atoms with Gasteiger partial charge in [0.15, 0.2) is 6.17 Å². The highest BCUT2D eigenvalue weighted by molar-refractivity contribution is 5.56. The molecule has 1 saturated carbocycles. The van der Waals surface area contributed by atoms with Gasteiger partial charge in [-0.15, -0.1) is 0 Å². The van der Waals surface area contributed by atoms with E-state index in [1.807, 2.05) is 25.1 Å². The molecular formula is C15H17F2N. The first kappa shape index (κ1) is 12.8. The van der Waals surface area contributed by atoms with Gasteiger partial charge in [-0.05, 0) is 43.2 Å². The van der Waals surface area contributed by atoms with E-state index >= 15 is 0 Å². The molecule has 1 unspecified atom stereocenters. The number of rotatable bonds is 5. The van der Waals surface area contributed by atoms with Crippen molar-refractivity contribution in [3.8, 4) is 0 Å². The van der Waals surface area contributed by atoms with Crippen LogP contribution in [-0.4, -0.2) is 11.7 Å². The van der Waals surface area contributed by atoms with Gasteiger partial charge in [0.1, 0.15) is 5.83 Å².